The molecule has 1 aromatic carbocycles. The molecule has 0 aromatic heterocycles. The van der Waals surface area contributed by atoms with E-state index in [1.165, 1.54) is 12.1 Å². The molecule has 1 fully saturated rings. The summed E-state index contributed by atoms with van der Waals surface area (Å²) in [7, 11) is -3.86. The summed E-state index contributed by atoms with van der Waals surface area (Å²) in [5.74, 6) is -1.21. The Morgan fingerprint density at radius 2 is 2.25 bits per heavy atom. The second kappa shape index (κ2) is 6.09. The van der Waals surface area contributed by atoms with Crippen LogP contribution >= 0.6 is 11.6 Å². The number of sulfonamides is 1. The summed E-state index contributed by atoms with van der Waals surface area (Å²) in [6.07, 6.45) is 1.55. The van der Waals surface area contributed by atoms with Crippen LogP contribution in [0.15, 0.2) is 23.1 Å². The Labute approximate surface area is 121 Å². The van der Waals surface area contributed by atoms with Crippen LogP contribution in [-0.2, 0) is 14.8 Å². The molecule has 1 atom stereocenters. The third-order valence-electron chi connectivity index (χ3n) is 2.99. The molecule has 20 heavy (non-hydrogen) atoms. The first-order valence-corrected chi connectivity index (χ1v) is 7.90. The van der Waals surface area contributed by atoms with E-state index in [1.54, 1.807) is 0 Å². The lowest BCUT2D eigenvalue weighted by atomic mass is 10.2. The first-order valence-electron chi connectivity index (χ1n) is 6.04. The lowest BCUT2D eigenvalue weighted by Gasteiger charge is -2.12. The van der Waals surface area contributed by atoms with Crippen molar-refractivity contribution < 1.29 is 23.1 Å². The highest BCUT2D eigenvalue weighted by molar-refractivity contribution is 7.89. The molecule has 0 radical (unpaired) electrons. The number of carboxylic acids is 1. The summed E-state index contributed by atoms with van der Waals surface area (Å²) >= 11 is 5.84. The van der Waals surface area contributed by atoms with Gasteiger partial charge < -0.3 is 9.84 Å². The molecule has 6 nitrogen and oxygen atoms in total. The molecule has 0 bridgehead atoms. The zero-order chi connectivity index (χ0) is 14.8. The number of benzene rings is 1. The molecule has 2 N–H and O–H groups in total. The van der Waals surface area contributed by atoms with Gasteiger partial charge in [0, 0.05) is 13.2 Å². The molecule has 1 aliphatic heterocycles. The SMILES string of the molecule is O=C(O)c1ccc(Cl)c(S(=O)(=O)NC[C@@H]2CCCO2)c1. The lowest BCUT2D eigenvalue weighted by molar-refractivity contribution is 0.0696. The van der Waals surface area contributed by atoms with Crippen molar-refractivity contribution in [3.8, 4) is 0 Å². The van der Waals surface area contributed by atoms with Gasteiger partial charge in [0.15, 0.2) is 0 Å². The van der Waals surface area contributed by atoms with Crippen LogP contribution in [0.2, 0.25) is 5.02 Å². The monoisotopic (exact) mass is 319 g/mol. The molecule has 1 heterocycles. The number of hydrogen-bond acceptors (Lipinski definition) is 4. The van der Waals surface area contributed by atoms with Gasteiger partial charge >= 0.3 is 5.97 Å². The van der Waals surface area contributed by atoms with Crippen LogP contribution in [0.25, 0.3) is 0 Å². The minimum atomic E-state index is -3.86. The highest BCUT2D eigenvalue weighted by atomic mass is 35.5. The summed E-state index contributed by atoms with van der Waals surface area (Å²) in [6, 6.07) is 3.55. The van der Waals surface area contributed by atoms with E-state index in [0.717, 1.165) is 18.9 Å². The maximum Gasteiger partial charge on any atom is 0.335 e. The summed E-state index contributed by atoms with van der Waals surface area (Å²) in [4.78, 5) is 10.6. The molecule has 0 spiro atoms. The van der Waals surface area contributed by atoms with E-state index in [9.17, 15) is 13.2 Å². The van der Waals surface area contributed by atoms with E-state index in [0.29, 0.717) is 6.61 Å². The minimum absolute atomic E-state index is 0.0187. The molecule has 8 heteroatoms. The molecule has 0 amide bonds. The summed E-state index contributed by atoms with van der Waals surface area (Å²) in [6.45, 7) is 0.775. The smallest absolute Gasteiger partial charge is 0.335 e. The summed E-state index contributed by atoms with van der Waals surface area (Å²) < 4.78 is 32.0. The number of halogens is 1. The van der Waals surface area contributed by atoms with Crippen molar-refractivity contribution in [1.29, 1.82) is 0 Å². The quantitative estimate of drug-likeness (QED) is 0.858. The highest BCUT2D eigenvalue weighted by Crippen LogP contribution is 2.23. The van der Waals surface area contributed by atoms with Crippen LogP contribution in [0.1, 0.15) is 23.2 Å². The maximum absolute atomic E-state index is 12.1. The van der Waals surface area contributed by atoms with Gasteiger partial charge in [-0.25, -0.2) is 17.9 Å². The largest absolute Gasteiger partial charge is 0.478 e. The highest BCUT2D eigenvalue weighted by Gasteiger charge is 2.23. The summed E-state index contributed by atoms with van der Waals surface area (Å²) in [5.41, 5.74) is -0.133. The van der Waals surface area contributed by atoms with Gasteiger partial charge in [0.1, 0.15) is 4.90 Å². The third-order valence-corrected chi connectivity index (χ3v) is 4.90. The van der Waals surface area contributed by atoms with Gasteiger partial charge in [-0.05, 0) is 31.0 Å². The number of rotatable bonds is 5. The average Bonchev–Trinajstić information content (AvgIpc) is 2.89. The second-order valence-corrected chi connectivity index (χ2v) is 6.58. The van der Waals surface area contributed by atoms with Crippen molar-refractivity contribution >= 4 is 27.6 Å². The number of carboxylic acid groups (broad SMARTS) is 1. The Morgan fingerprint density at radius 3 is 2.85 bits per heavy atom. The number of aromatic carboxylic acids is 1. The normalized spacial score (nSPS) is 19.1. The van der Waals surface area contributed by atoms with Crippen molar-refractivity contribution in [2.75, 3.05) is 13.2 Å². The van der Waals surface area contributed by atoms with Crippen LogP contribution in [0.5, 0.6) is 0 Å². The van der Waals surface area contributed by atoms with Gasteiger partial charge in [-0.15, -0.1) is 0 Å². The molecule has 1 aliphatic rings. The number of hydrogen-bond donors (Lipinski definition) is 2. The fourth-order valence-electron chi connectivity index (χ4n) is 1.93. The predicted octanol–water partition coefficient (Wildman–Crippen LogP) is 1.50. The topological polar surface area (TPSA) is 92.7 Å². The molecule has 0 saturated carbocycles. The zero-order valence-electron chi connectivity index (χ0n) is 10.5. The number of ether oxygens (including phenoxy) is 1. The molecular formula is C12H14ClNO5S. The Kier molecular flexibility index (Phi) is 4.64. The Balaban J connectivity index is 2.19. The number of carbonyl (C=O) groups is 1. The van der Waals surface area contributed by atoms with Gasteiger partial charge in [0.25, 0.3) is 0 Å². The van der Waals surface area contributed by atoms with E-state index >= 15 is 0 Å². The third kappa shape index (κ3) is 3.49. The maximum atomic E-state index is 12.1. The number of nitrogens with one attached hydrogen (secondary N) is 1. The molecule has 2 rings (SSSR count). The molecule has 0 aliphatic carbocycles. The summed E-state index contributed by atoms with van der Waals surface area (Å²) in [5, 5.41) is 8.87. The van der Waals surface area contributed by atoms with Crippen molar-refractivity contribution in [3.05, 3.63) is 28.8 Å². The van der Waals surface area contributed by atoms with Crippen molar-refractivity contribution in [2.45, 2.75) is 23.8 Å². The van der Waals surface area contributed by atoms with E-state index in [-0.39, 0.29) is 28.1 Å². The van der Waals surface area contributed by atoms with Gasteiger partial charge in [0.2, 0.25) is 10.0 Å². The molecule has 110 valence electrons. The van der Waals surface area contributed by atoms with Crippen LogP contribution in [0.3, 0.4) is 0 Å². The van der Waals surface area contributed by atoms with Gasteiger partial charge in [0.05, 0.1) is 16.7 Å². The molecule has 0 unspecified atom stereocenters. The van der Waals surface area contributed by atoms with E-state index in [1.807, 2.05) is 0 Å². The predicted molar refractivity (Wildman–Crippen MR) is 72.6 cm³/mol. The first-order chi connectivity index (χ1) is 9.40. The van der Waals surface area contributed by atoms with Crippen molar-refractivity contribution in [2.24, 2.45) is 0 Å². The average molecular weight is 320 g/mol. The molecule has 1 aromatic rings. The lowest BCUT2D eigenvalue weighted by Crippen LogP contribution is -2.32. The Morgan fingerprint density at radius 1 is 1.50 bits per heavy atom. The van der Waals surface area contributed by atoms with E-state index in [2.05, 4.69) is 4.72 Å². The zero-order valence-corrected chi connectivity index (χ0v) is 12.1. The standard InChI is InChI=1S/C12H14ClNO5S/c13-10-4-3-8(12(15)16)6-11(10)20(17,18)14-7-9-2-1-5-19-9/h3-4,6,9,14H,1-2,5,7H2,(H,15,16)/t9-/m0/s1. The minimum Gasteiger partial charge on any atom is -0.478 e. The van der Waals surface area contributed by atoms with Crippen LogP contribution < -0.4 is 4.72 Å². The van der Waals surface area contributed by atoms with Gasteiger partial charge in [-0.3, -0.25) is 0 Å². The van der Waals surface area contributed by atoms with Crippen LogP contribution in [-0.4, -0.2) is 38.7 Å². The van der Waals surface area contributed by atoms with Crippen LogP contribution in [0.4, 0.5) is 0 Å². The molecule has 1 saturated heterocycles. The fraction of sp³-hybridized carbons (Fsp3) is 0.417. The first kappa shape index (κ1) is 15.2. The Hall–Kier alpha value is -1.15. The van der Waals surface area contributed by atoms with Crippen LogP contribution in [0, 0.1) is 0 Å². The fourth-order valence-corrected chi connectivity index (χ4v) is 3.52. The molecular weight excluding hydrogens is 306 g/mol. The van der Waals surface area contributed by atoms with E-state index in [4.69, 9.17) is 21.4 Å². The second-order valence-electron chi connectivity index (χ2n) is 4.44. The Bertz CT molecular complexity index is 610. The van der Waals surface area contributed by atoms with Crippen molar-refractivity contribution in [1.82, 2.24) is 4.72 Å². The van der Waals surface area contributed by atoms with E-state index < -0.39 is 16.0 Å². The van der Waals surface area contributed by atoms with Gasteiger partial charge in [-0.1, -0.05) is 11.6 Å². The van der Waals surface area contributed by atoms with Gasteiger partial charge in [-0.2, -0.15) is 0 Å². The van der Waals surface area contributed by atoms with Crippen molar-refractivity contribution in [3.63, 3.8) is 0 Å².